The van der Waals surface area contributed by atoms with Crippen molar-refractivity contribution in [3.8, 4) is 0 Å². The van der Waals surface area contributed by atoms with Gasteiger partial charge in [0.2, 0.25) is 0 Å². The fourth-order valence-electron chi connectivity index (χ4n) is 3.09. The molecule has 2 saturated heterocycles. The van der Waals surface area contributed by atoms with Crippen LogP contribution in [0, 0.1) is 0 Å². The molecule has 0 unspecified atom stereocenters. The van der Waals surface area contributed by atoms with Crippen LogP contribution in [0.1, 0.15) is 12.0 Å². The highest BCUT2D eigenvalue weighted by Gasteiger charge is 2.32. The van der Waals surface area contributed by atoms with Crippen LogP contribution in [0.2, 0.25) is 5.02 Å². The van der Waals surface area contributed by atoms with E-state index in [0.717, 1.165) is 12.3 Å². The summed E-state index contributed by atoms with van der Waals surface area (Å²) in [6, 6.07) is 0.868. The minimum Gasteiger partial charge on any atom is -0.378 e. The molecule has 0 saturated carbocycles. The Morgan fingerprint density at radius 2 is 1.77 bits per heavy atom. The van der Waals surface area contributed by atoms with Crippen molar-refractivity contribution in [1.82, 2.24) is 14.8 Å². The number of hydrogen-bond donors (Lipinski definition) is 0. The number of alkyl halides is 3. The second kappa shape index (κ2) is 7.87. The predicted molar refractivity (Wildman–Crippen MR) is 90.4 cm³/mol. The second-order valence-electron chi connectivity index (χ2n) is 6.24. The number of aromatic nitrogens is 1. The van der Waals surface area contributed by atoms with Gasteiger partial charge in [0.1, 0.15) is 5.82 Å². The van der Waals surface area contributed by atoms with E-state index >= 15 is 0 Å². The number of rotatable bonds is 1. The fourth-order valence-corrected chi connectivity index (χ4v) is 3.38. The first kappa shape index (κ1) is 19.0. The van der Waals surface area contributed by atoms with Crippen LogP contribution in [0.4, 0.5) is 23.8 Å². The van der Waals surface area contributed by atoms with Crippen LogP contribution in [-0.2, 0) is 10.9 Å². The van der Waals surface area contributed by atoms with Crippen LogP contribution in [0.15, 0.2) is 12.3 Å². The highest BCUT2D eigenvalue weighted by atomic mass is 35.5. The molecule has 0 aliphatic carbocycles. The Hall–Kier alpha value is -1.74. The number of anilines is 1. The van der Waals surface area contributed by atoms with E-state index in [4.69, 9.17) is 16.3 Å². The van der Waals surface area contributed by atoms with Crippen LogP contribution in [0.5, 0.6) is 0 Å². The maximum atomic E-state index is 12.8. The number of morpholine rings is 1. The van der Waals surface area contributed by atoms with Crippen molar-refractivity contribution in [2.24, 2.45) is 0 Å². The predicted octanol–water partition coefficient (Wildman–Crippen LogP) is 2.72. The van der Waals surface area contributed by atoms with Crippen molar-refractivity contribution in [3.05, 3.63) is 22.8 Å². The van der Waals surface area contributed by atoms with Crippen molar-refractivity contribution >= 4 is 23.4 Å². The van der Waals surface area contributed by atoms with Crippen LogP contribution in [0.25, 0.3) is 0 Å². The van der Waals surface area contributed by atoms with Gasteiger partial charge in [0.05, 0.1) is 23.8 Å². The van der Waals surface area contributed by atoms with Gasteiger partial charge in [-0.05, 0) is 12.5 Å². The van der Waals surface area contributed by atoms with E-state index in [1.165, 1.54) is 0 Å². The minimum atomic E-state index is -4.48. The van der Waals surface area contributed by atoms with Crippen LogP contribution < -0.4 is 4.90 Å². The smallest absolute Gasteiger partial charge is 0.378 e. The molecule has 3 rings (SSSR count). The highest BCUT2D eigenvalue weighted by molar-refractivity contribution is 6.33. The SMILES string of the molecule is O=C(N1CCOCC1)N1CCCN(c2ncc(C(F)(F)F)cc2Cl)CC1. The van der Waals surface area contributed by atoms with Crippen molar-refractivity contribution < 1.29 is 22.7 Å². The van der Waals surface area contributed by atoms with E-state index in [1.54, 1.807) is 9.80 Å². The maximum Gasteiger partial charge on any atom is 0.417 e. The van der Waals surface area contributed by atoms with Crippen LogP contribution in [0.3, 0.4) is 0 Å². The van der Waals surface area contributed by atoms with Crippen LogP contribution in [-0.4, -0.2) is 73.3 Å². The summed E-state index contributed by atoms with van der Waals surface area (Å²) in [6.45, 7) is 4.32. The Labute approximate surface area is 154 Å². The van der Waals surface area contributed by atoms with Crippen molar-refractivity contribution in [2.75, 3.05) is 57.4 Å². The van der Waals surface area contributed by atoms with Gasteiger partial charge in [-0.2, -0.15) is 13.2 Å². The minimum absolute atomic E-state index is 0.0263. The van der Waals surface area contributed by atoms with Crippen molar-refractivity contribution in [2.45, 2.75) is 12.6 Å². The summed E-state index contributed by atoms with van der Waals surface area (Å²) in [5.41, 5.74) is -0.870. The lowest BCUT2D eigenvalue weighted by Gasteiger charge is -2.32. The van der Waals surface area contributed by atoms with Gasteiger partial charge in [0.15, 0.2) is 0 Å². The summed E-state index contributed by atoms with van der Waals surface area (Å²) < 4.78 is 43.5. The van der Waals surface area contributed by atoms with Gasteiger partial charge >= 0.3 is 12.2 Å². The van der Waals surface area contributed by atoms with Gasteiger partial charge in [-0.15, -0.1) is 0 Å². The summed E-state index contributed by atoms with van der Waals surface area (Å²) in [6.07, 6.45) is -2.99. The van der Waals surface area contributed by atoms with Gasteiger partial charge in [-0.3, -0.25) is 0 Å². The van der Waals surface area contributed by atoms with Gasteiger partial charge in [0, 0.05) is 45.5 Å². The van der Waals surface area contributed by atoms with E-state index < -0.39 is 11.7 Å². The number of amides is 2. The number of halogens is 4. The number of carbonyl (C=O) groups excluding carboxylic acids is 1. The summed E-state index contributed by atoms with van der Waals surface area (Å²) in [4.78, 5) is 21.9. The molecule has 0 radical (unpaired) electrons. The molecule has 3 heterocycles. The number of ether oxygens (including phenoxy) is 1. The first-order chi connectivity index (χ1) is 12.4. The lowest BCUT2D eigenvalue weighted by Crippen LogP contribution is -2.49. The van der Waals surface area contributed by atoms with Crippen molar-refractivity contribution in [1.29, 1.82) is 0 Å². The largest absolute Gasteiger partial charge is 0.417 e. The second-order valence-corrected chi connectivity index (χ2v) is 6.64. The molecule has 2 aliphatic heterocycles. The van der Waals surface area contributed by atoms with Gasteiger partial charge in [-0.1, -0.05) is 11.6 Å². The first-order valence-corrected chi connectivity index (χ1v) is 8.83. The average molecular weight is 393 g/mol. The lowest BCUT2D eigenvalue weighted by molar-refractivity contribution is -0.137. The molecule has 1 aromatic rings. The molecule has 0 atom stereocenters. The highest BCUT2D eigenvalue weighted by Crippen LogP contribution is 2.33. The maximum absolute atomic E-state index is 12.8. The molecule has 144 valence electrons. The van der Waals surface area contributed by atoms with Gasteiger partial charge < -0.3 is 19.4 Å². The Morgan fingerprint density at radius 3 is 2.42 bits per heavy atom. The molecule has 26 heavy (non-hydrogen) atoms. The van der Waals surface area contributed by atoms with Gasteiger partial charge in [-0.25, -0.2) is 9.78 Å². The number of hydrogen-bond acceptors (Lipinski definition) is 4. The van der Waals surface area contributed by atoms with E-state index in [9.17, 15) is 18.0 Å². The standard InChI is InChI=1S/C16H20ClF3N4O2/c17-13-10-12(16(18,19)20)11-21-14(13)22-2-1-3-23(5-4-22)15(25)24-6-8-26-9-7-24/h10-11H,1-9H2. The zero-order chi connectivity index (χ0) is 18.7. The molecule has 0 aromatic carbocycles. The Morgan fingerprint density at radius 1 is 1.08 bits per heavy atom. The number of carbonyl (C=O) groups is 1. The molecule has 0 N–H and O–H groups in total. The molecular weight excluding hydrogens is 373 g/mol. The molecule has 0 bridgehead atoms. The number of urea groups is 1. The van der Waals surface area contributed by atoms with Crippen molar-refractivity contribution in [3.63, 3.8) is 0 Å². The fraction of sp³-hybridized carbons (Fsp3) is 0.625. The Bertz CT molecular complexity index is 653. The number of pyridine rings is 1. The molecule has 2 aliphatic rings. The molecule has 10 heteroatoms. The zero-order valence-electron chi connectivity index (χ0n) is 14.1. The monoisotopic (exact) mass is 392 g/mol. The quantitative estimate of drug-likeness (QED) is 0.737. The van der Waals surface area contributed by atoms with Crippen LogP contribution >= 0.6 is 11.6 Å². The Kier molecular flexibility index (Phi) is 5.76. The van der Waals surface area contributed by atoms with E-state index in [0.29, 0.717) is 64.7 Å². The van der Waals surface area contributed by atoms with E-state index in [2.05, 4.69) is 4.98 Å². The summed E-state index contributed by atoms with van der Waals surface area (Å²) >= 11 is 6.04. The molecule has 6 nitrogen and oxygen atoms in total. The summed E-state index contributed by atoms with van der Waals surface area (Å²) in [5, 5.41) is -0.0345. The lowest BCUT2D eigenvalue weighted by atomic mass is 10.2. The summed E-state index contributed by atoms with van der Waals surface area (Å²) in [5.74, 6) is 0.320. The third-order valence-corrected chi connectivity index (χ3v) is 4.77. The number of nitrogens with zero attached hydrogens (tertiary/aromatic N) is 4. The molecule has 1 aromatic heterocycles. The Balaban J connectivity index is 1.66. The normalized spacial score (nSPS) is 19.5. The molecule has 2 amide bonds. The summed E-state index contributed by atoms with van der Waals surface area (Å²) in [7, 11) is 0. The van der Waals surface area contributed by atoms with E-state index in [-0.39, 0.29) is 11.1 Å². The third kappa shape index (κ3) is 4.32. The first-order valence-electron chi connectivity index (χ1n) is 8.45. The van der Waals surface area contributed by atoms with Gasteiger partial charge in [0.25, 0.3) is 0 Å². The average Bonchev–Trinajstić information content (AvgIpc) is 2.87. The molecular formula is C16H20ClF3N4O2. The topological polar surface area (TPSA) is 48.9 Å². The zero-order valence-corrected chi connectivity index (χ0v) is 14.9. The molecule has 2 fully saturated rings. The third-order valence-electron chi connectivity index (χ3n) is 4.50. The molecule has 0 spiro atoms. The van der Waals surface area contributed by atoms with E-state index in [1.807, 2.05) is 4.90 Å².